The molecular weight excluding hydrogens is 388 g/mol. The molecule has 0 bridgehead atoms. The quantitative estimate of drug-likeness (QED) is 0.536. The van der Waals surface area contributed by atoms with Gasteiger partial charge in [0.1, 0.15) is 5.82 Å². The summed E-state index contributed by atoms with van der Waals surface area (Å²) in [4.78, 5) is 17.7. The molecule has 0 saturated heterocycles. The summed E-state index contributed by atoms with van der Waals surface area (Å²) in [5, 5.41) is 0. The minimum Gasteiger partial charge on any atom is -0.441 e. The van der Waals surface area contributed by atoms with Crippen LogP contribution in [0.3, 0.4) is 0 Å². The molecule has 0 radical (unpaired) electrons. The first-order valence-electron chi connectivity index (χ1n) is 8.84. The van der Waals surface area contributed by atoms with E-state index in [1.165, 1.54) is 48.5 Å². The van der Waals surface area contributed by atoms with E-state index < -0.39 is 11.7 Å². The van der Waals surface area contributed by atoms with Gasteiger partial charge in [-0.1, -0.05) is 18.2 Å². The molecule has 3 rings (SSSR count). The number of rotatable bonds is 6. The Morgan fingerprint density at radius 3 is 2.48 bits per heavy atom. The second kappa shape index (κ2) is 8.46. The fourth-order valence-corrected chi connectivity index (χ4v) is 2.86. The zero-order valence-corrected chi connectivity index (χ0v) is 15.5. The summed E-state index contributed by atoms with van der Waals surface area (Å²) in [7, 11) is 1.45. The number of aromatic nitrogens is 1. The zero-order valence-electron chi connectivity index (χ0n) is 15.5. The summed E-state index contributed by atoms with van der Waals surface area (Å²) in [5.74, 6) is 0.0689. The lowest BCUT2D eigenvalue weighted by atomic mass is 10.1. The maximum absolute atomic E-state index is 13.1. The van der Waals surface area contributed by atoms with Crippen LogP contribution in [-0.4, -0.2) is 22.8 Å². The third-order valence-corrected chi connectivity index (χ3v) is 4.39. The van der Waals surface area contributed by atoms with Gasteiger partial charge in [-0.3, -0.25) is 4.79 Å². The van der Waals surface area contributed by atoms with Crippen molar-refractivity contribution < 1.29 is 26.8 Å². The molecule has 8 heteroatoms. The highest BCUT2D eigenvalue weighted by Gasteiger charge is 2.33. The average molecular weight is 406 g/mol. The Morgan fingerprint density at radius 1 is 1.10 bits per heavy atom. The van der Waals surface area contributed by atoms with Crippen LogP contribution in [0.4, 0.5) is 17.6 Å². The first-order chi connectivity index (χ1) is 13.7. The normalized spacial score (nSPS) is 11.5. The van der Waals surface area contributed by atoms with Gasteiger partial charge in [0.2, 0.25) is 5.91 Å². The Balaban J connectivity index is 1.59. The van der Waals surface area contributed by atoms with Crippen molar-refractivity contribution in [3.63, 3.8) is 0 Å². The van der Waals surface area contributed by atoms with E-state index in [1.54, 1.807) is 12.1 Å². The molecule has 0 spiro atoms. The number of nitrogens with zero attached hydrogens (tertiary/aromatic N) is 2. The Bertz CT molecular complexity index is 981. The van der Waals surface area contributed by atoms with Crippen LogP contribution in [0.2, 0.25) is 0 Å². The van der Waals surface area contributed by atoms with Crippen molar-refractivity contribution in [1.82, 2.24) is 9.88 Å². The van der Waals surface area contributed by atoms with Crippen molar-refractivity contribution in [3.05, 3.63) is 77.6 Å². The summed E-state index contributed by atoms with van der Waals surface area (Å²) in [5.41, 5.74) is -0.0702. The average Bonchev–Trinajstić information content (AvgIpc) is 3.15. The van der Waals surface area contributed by atoms with Crippen LogP contribution in [0.1, 0.15) is 23.4 Å². The van der Waals surface area contributed by atoms with E-state index in [-0.39, 0.29) is 36.7 Å². The number of hydrogen-bond acceptors (Lipinski definition) is 3. The molecule has 3 aromatic rings. The molecule has 0 unspecified atom stereocenters. The highest BCUT2D eigenvalue weighted by molar-refractivity contribution is 5.76. The van der Waals surface area contributed by atoms with Crippen LogP contribution >= 0.6 is 0 Å². The van der Waals surface area contributed by atoms with Gasteiger partial charge in [0.05, 0.1) is 11.8 Å². The fraction of sp³-hybridized carbons (Fsp3) is 0.238. The van der Waals surface area contributed by atoms with E-state index in [0.29, 0.717) is 17.2 Å². The Labute approximate surface area is 164 Å². The Hall–Kier alpha value is -3.16. The number of oxazole rings is 1. The largest absolute Gasteiger partial charge is 0.441 e. The van der Waals surface area contributed by atoms with Crippen LogP contribution in [0.15, 0.2) is 59.1 Å². The van der Waals surface area contributed by atoms with Crippen LogP contribution in [0, 0.1) is 5.82 Å². The van der Waals surface area contributed by atoms with Crippen molar-refractivity contribution >= 4 is 5.91 Å². The zero-order chi connectivity index (χ0) is 21.0. The molecule has 0 atom stereocenters. The van der Waals surface area contributed by atoms with E-state index in [9.17, 15) is 22.4 Å². The number of hydrogen-bond donors (Lipinski definition) is 0. The molecular formula is C21H18F4N2O2. The van der Waals surface area contributed by atoms with Crippen LogP contribution in [0.25, 0.3) is 11.3 Å². The topological polar surface area (TPSA) is 46.3 Å². The van der Waals surface area contributed by atoms with Gasteiger partial charge in [0.25, 0.3) is 0 Å². The van der Waals surface area contributed by atoms with E-state index in [2.05, 4.69) is 4.98 Å². The lowest BCUT2D eigenvalue weighted by Gasteiger charge is -2.20. The smallest absolute Gasteiger partial charge is 0.416 e. The molecule has 2 aromatic carbocycles. The standard InChI is InChI=1S/C21H18F4N2O2/c1-27(13-15-4-2-3-5-17(15)21(23,24)25)20(28)11-10-19-26-12-18(29-19)14-6-8-16(22)9-7-14/h2-9,12H,10-11,13H2,1H3. The maximum atomic E-state index is 13.1. The molecule has 0 aliphatic heterocycles. The van der Waals surface area contributed by atoms with Crippen LogP contribution in [-0.2, 0) is 23.9 Å². The summed E-state index contributed by atoms with van der Waals surface area (Å²) >= 11 is 0. The minimum atomic E-state index is -4.48. The van der Waals surface area contributed by atoms with Crippen molar-refractivity contribution in [2.24, 2.45) is 0 Å². The number of amides is 1. The summed E-state index contributed by atoms with van der Waals surface area (Å²) in [6, 6.07) is 10.9. The highest BCUT2D eigenvalue weighted by atomic mass is 19.4. The number of carbonyl (C=O) groups is 1. The molecule has 4 nitrogen and oxygen atoms in total. The van der Waals surface area contributed by atoms with Gasteiger partial charge in [-0.05, 0) is 35.9 Å². The number of carbonyl (C=O) groups excluding carboxylic acids is 1. The lowest BCUT2D eigenvalue weighted by molar-refractivity contribution is -0.139. The molecule has 152 valence electrons. The summed E-state index contributed by atoms with van der Waals surface area (Å²) in [6.45, 7) is -0.152. The molecule has 1 amide bonds. The molecule has 1 heterocycles. The van der Waals surface area contributed by atoms with Gasteiger partial charge in [0.15, 0.2) is 11.7 Å². The van der Waals surface area contributed by atoms with Gasteiger partial charge < -0.3 is 9.32 Å². The minimum absolute atomic E-state index is 0.0329. The third-order valence-electron chi connectivity index (χ3n) is 4.39. The lowest BCUT2D eigenvalue weighted by Crippen LogP contribution is -2.27. The SMILES string of the molecule is CN(Cc1ccccc1C(F)(F)F)C(=O)CCc1ncc(-c2ccc(F)cc2)o1. The van der Waals surface area contributed by atoms with E-state index in [4.69, 9.17) is 4.42 Å². The van der Waals surface area contributed by atoms with Crippen molar-refractivity contribution in [2.45, 2.75) is 25.6 Å². The van der Waals surface area contributed by atoms with Gasteiger partial charge in [-0.15, -0.1) is 0 Å². The number of aryl methyl sites for hydroxylation is 1. The van der Waals surface area contributed by atoms with Crippen molar-refractivity contribution in [1.29, 1.82) is 0 Å². The predicted molar refractivity (Wildman–Crippen MR) is 98.1 cm³/mol. The van der Waals surface area contributed by atoms with E-state index in [1.807, 2.05) is 0 Å². The highest BCUT2D eigenvalue weighted by Crippen LogP contribution is 2.32. The molecule has 0 fully saturated rings. The summed E-state index contributed by atoms with van der Waals surface area (Å²) < 4.78 is 57.8. The molecule has 1 aromatic heterocycles. The molecule has 0 aliphatic carbocycles. The fourth-order valence-electron chi connectivity index (χ4n) is 2.86. The molecule has 29 heavy (non-hydrogen) atoms. The molecule has 0 saturated carbocycles. The maximum Gasteiger partial charge on any atom is 0.416 e. The number of alkyl halides is 3. The van der Waals surface area contributed by atoms with Gasteiger partial charge in [-0.2, -0.15) is 13.2 Å². The third kappa shape index (κ3) is 5.22. The van der Waals surface area contributed by atoms with Crippen LogP contribution in [0.5, 0.6) is 0 Å². The Kier molecular flexibility index (Phi) is 6.00. The van der Waals surface area contributed by atoms with Crippen molar-refractivity contribution in [3.8, 4) is 11.3 Å². The molecule has 0 aliphatic rings. The monoisotopic (exact) mass is 406 g/mol. The predicted octanol–water partition coefficient (Wildman–Crippen LogP) is 5.09. The first-order valence-corrected chi connectivity index (χ1v) is 8.84. The van der Waals surface area contributed by atoms with Gasteiger partial charge in [0, 0.05) is 32.0 Å². The number of benzene rings is 2. The second-order valence-corrected chi connectivity index (χ2v) is 6.53. The Morgan fingerprint density at radius 2 is 1.79 bits per heavy atom. The molecule has 0 N–H and O–H groups in total. The van der Waals surface area contributed by atoms with E-state index >= 15 is 0 Å². The van der Waals surface area contributed by atoms with Gasteiger partial charge >= 0.3 is 6.18 Å². The number of halogens is 4. The summed E-state index contributed by atoms with van der Waals surface area (Å²) in [6.07, 6.45) is -2.76. The van der Waals surface area contributed by atoms with Crippen molar-refractivity contribution in [2.75, 3.05) is 7.05 Å². The van der Waals surface area contributed by atoms with Gasteiger partial charge in [-0.25, -0.2) is 9.37 Å². The van der Waals surface area contributed by atoms with Crippen LogP contribution < -0.4 is 0 Å². The second-order valence-electron chi connectivity index (χ2n) is 6.53. The van der Waals surface area contributed by atoms with E-state index in [0.717, 1.165) is 6.07 Å². The first kappa shape index (κ1) is 20.6.